The quantitative estimate of drug-likeness (QED) is 0.759. The van der Waals surface area contributed by atoms with Crippen molar-refractivity contribution < 1.29 is 14.3 Å². The number of nitrogens with zero attached hydrogens (tertiary/aromatic N) is 1. The van der Waals surface area contributed by atoms with E-state index in [-0.39, 0.29) is 5.91 Å². The third-order valence-corrected chi connectivity index (χ3v) is 4.23. The highest BCUT2D eigenvalue weighted by Crippen LogP contribution is 2.23. The van der Waals surface area contributed by atoms with Crippen LogP contribution in [0.15, 0.2) is 11.4 Å². The Morgan fingerprint density at radius 1 is 1.55 bits per heavy atom. The monoisotopic (exact) mass is 297 g/mol. The normalized spacial score (nSPS) is 14.9. The van der Waals surface area contributed by atoms with E-state index in [2.05, 4.69) is 20.3 Å². The van der Waals surface area contributed by atoms with Gasteiger partial charge in [-0.1, -0.05) is 6.92 Å². The van der Waals surface area contributed by atoms with Crippen molar-refractivity contribution in [2.75, 3.05) is 38.6 Å². The van der Waals surface area contributed by atoms with Crippen LogP contribution in [0.4, 0.5) is 5.69 Å². The first kappa shape index (κ1) is 15.0. The van der Waals surface area contributed by atoms with Gasteiger partial charge < -0.3 is 15.4 Å². The molecule has 1 fully saturated rings. The van der Waals surface area contributed by atoms with Gasteiger partial charge in [-0.3, -0.25) is 9.69 Å². The maximum absolute atomic E-state index is 12.1. The summed E-state index contributed by atoms with van der Waals surface area (Å²) >= 11 is 1.26. The van der Waals surface area contributed by atoms with Crippen molar-refractivity contribution in [3.63, 3.8) is 0 Å². The highest BCUT2D eigenvalue weighted by Gasteiger charge is 2.25. The highest BCUT2D eigenvalue weighted by atomic mass is 32.1. The number of esters is 1. The van der Waals surface area contributed by atoms with E-state index in [0.717, 1.165) is 19.6 Å². The molecule has 0 bridgehead atoms. The molecule has 20 heavy (non-hydrogen) atoms. The minimum atomic E-state index is -0.425. The fraction of sp³-hybridized carbons (Fsp3) is 0.538. The summed E-state index contributed by atoms with van der Waals surface area (Å²) in [5, 5.41) is 7.73. The maximum atomic E-state index is 12.1. The molecule has 0 unspecified atom stereocenters. The van der Waals surface area contributed by atoms with E-state index in [1.165, 1.54) is 18.4 Å². The lowest BCUT2D eigenvalue weighted by Crippen LogP contribution is -2.58. The van der Waals surface area contributed by atoms with Crippen LogP contribution in [0, 0.1) is 0 Å². The molecule has 0 spiro atoms. The van der Waals surface area contributed by atoms with Gasteiger partial charge in [0.2, 0.25) is 5.91 Å². The maximum Gasteiger partial charge on any atom is 0.350 e. The number of likely N-dealkylation sites (N-methyl/N-ethyl adjacent to an activating group) is 1. The topological polar surface area (TPSA) is 70.7 Å². The molecule has 1 aromatic heterocycles. The molecule has 1 amide bonds. The lowest BCUT2D eigenvalue weighted by atomic mass is 10.1. The summed E-state index contributed by atoms with van der Waals surface area (Å²) in [6, 6.07) is 2.14. The number of methoxy groups -OCH3 is 1. The van der Waals surface area contributed by atoms with E-state index in [1.54, 1.807) is 11.4 Å². The van der Waals surface area contributed by atoms with Gasteiger partial charge in [-0.05, 0) is 18.0 Å². The van der Waals surface area contributed by atoms with Gasteiger partial charge in [-0.15, -0.1) is 11.3 Å². The van der Waals surface area contributed by atoms with E-state index < -0.39 is 5.97 Å². The number of carbonyl (C=O) groups excluding carboxylic acids is 2. The molecule has 1 aliphatic rings. The summed E-state index contributed by atoms with van der Waals surface area (Å²) in [7, 11) is 1.33. The number of carbonyl (C=O) groups is 2. The molecule has 2 heterocycles. The Morgan fingerprint density at radius 3 is 2.85 bits per heavy atom. The van der Waals surface area contributed by atoms with Crippen molar-refractivity contribution in [3.05, 3.63) is 16.3 Å². The zero-order valence-electron chi connectivity index (χ0n) is 11.6. The smallest absolute Gasteiger partial charge is 0.350 e. The van der Waals surface area contributed by atoms with Crippen LogP contribution < -0.4 is 10.6 Å². The van der Waals surface area contributed by atoms with Crippen molar-refractivity contribution in [3.8, 4) is 0 Å². The van der Waals surface area contributed by atoms with Gasteiger partial charge in [0, 0.05) is 19.1 Å². The van der Waals surface area contributed by atoms with Crippen LogP contribution in [0.2, 0.25) is 0 Å². The Balaban J connectivity index is 1.94. The van der Waals surface area contributed by atoms with E-state index in [4.69, 9.17) is 0 Å². The van der Waals surface area contributed by atoms with Crippen LogP contribution in [-0.4, -0.2) is 56.1 Å². The Morgan fingerprint density at radius 2 is 2.30 bits per heavy atom. The molecule has 0 atom stereocenters. The predicted octanol–water partition coefficient (Wildman–Crippen LogP) is 0.767. The lowest BCUT2D eigenvalue weighted by Gasteiger charge is -2.37. The van der Waals surface area contributed by atoms with Gasteiger partial charge in [0.15, 0.2) is 0 Å². The van der Waals surface area contributed by atoms with Crippen molar-refractivity contribution in [1.82, 2.24) is 10.2 Å². The molecular weight excluding hydrogens is 278 g/mol. The molecule has 110 valence electrons. The summed E-state index contributed by atoms with van der Waals surface area (Å²) in [6.07, 6.45) is 0. The highest BCUT2D eigenvalue weighted by molar-refractivity contribution is 7.12. The van der Waals surface area contributed by atoms with E-state index in [9.17, 15) is 9.59 Å². The van der Waals surface area contributed by atoms with Gasteiger partial charge in [-0.2, -0.15) is 0 Å². The first-order chi connectivity index (χ1) is 9.65. The zero-order chi connectivity index (χ0) is 14.5. The van der Waals surface area contributed by atoms with Crippen molar-refractivity contribution >= 4 is 28.9 Å². The molecule has 7 heteroatoms. The SMILES string of the molecule is CCN(CC(=O)Nc1ccsc1C(=O)OC)C1CNC1. The number of hydrogen-bond donors (Lipinski definition) is 2. The number of anilines is 1. The molecule has 1 saturated heterocycles. The summed E-state index contributed by atoms with van der Waals surface area (Å²) in [6.45, 7) is 5.04. The molecule has 6 nitrogen and oxygen atoms in total. The standard InChI is InChI=1S/C13H19N3O3S/c1-3-16(9-6-14-7-9)8-11(17)15-10-4-5-20-12(10)13(18)19-2/h4-5,9,14H,3,6-8H2,1-2H3,(H,15,17). The van der Waals surface area contributed by atoms with E-state index >= 15 is 0 Å². The second kappa shape index (κ2) is 6.83. The Bertz CT molecular complexity index is 485. The Hall–Kier alpha value is -1.44. The number of rotatable bonds is 6. The fourth-order valence-corrected chi connectivity index (χ4v) is 2.83. The first-order valence-electron chi connectivity index (χ1n) is 6.56. The van der Waals surface area contributed by atoms with Gasteiger partial charge in [0.25, 0.3) is 0 Å². The fourth-order valence-electron chi connectivity index (χ4n) is 2.06. The van der Waals surface area contributed by atoms with E-state index in [1.807, 2.05) is 6.92 Å². The van der Waals surface area contributed by atoms with Crippen LogP contribution in [-0.2, 0) is 9.53 Å². The number of hydrogen-bond acceptors (Lipinski definition) is 6. The van der Waals surface area contributed by atoms with Crippen LogP contribution in [0.5, 0.6) is 0 Å². The van der Waals surface area contributed by atoms with E-state index in [0.29, 0.717) is 23.2 Å². The summed E-state index contributed by atoms with van der Waals surface area (Å²) in [5.41, 5.74) is 0.523. The average Bonchev–Trinajstić information content (AvgIpc) is 2.82. The predicted molar refractivity (Wildman–Crippen MR) is 78.2 cm³/mol. The van der Waals surface area contributed by atoms with Gasteiger partial charge in [-0.25, -0.2) is 4.79 Å². The van der Waals surface area contributed by atoms with Crippen molar-refractivity contribution in [2.45, 2.75) is 13.0 Å². The second-order valence-electron chi connectivity index (χ2n) is 4.58. The van der Waals surface area contributed by atoms with Crippen LogP contribution in [0.1, 0.15) is 16.6 Å². The minimum absolute atomic E-state index is 0.109. The van der Waals surface area contributed by atoms with Gasteiger partial charge >= 0.3 is 5.97 Å². The molecule has 2 N–H and O–H groups in total. The molecule has 0 aromatic carbocycles. The zero-order valence-corrected chi connectivity index (χ0v) is 12.5. The van der Waals surface area contributed by atoms with Gasteiger partial charge in [0.1, 0.15) is 4.88 Å². The Kier molecular flexibility index (Phi) is 5.11. The molecule has 0 aliphatic carbocycles. The molecule has 1 aromatic rings. The van der Waals surface area contributed by atoms with Gasteiger partial charge in [0.05, 0.1) is 19.3 Å². The molecule has 2 rings (SSSR count). The first-order valence-corrected chi connectivity index (χ1v) is 7.44. The van der Waals surface area contributed by atoms with Crippen LogP contribution in [0.3, 0.4) is 0 Å². The Labute approximate surface area is 122 Å². The molecule has 1 aliphatic heterocycles. The molecular formula is C13H19N3O3S. The summed E-state index contributed by atoms with van der Waals surface area (Å²) in [4.78, 5) is 26.2. The van der Waals surface area contributed by atoms with Crippen LogP contribution >= 0.6 is 11.3 Å². The minimum Gasteiger partial charge on any atom is -0.465 e. The molecule has 0 radical (unpaired) electrons. The number of amides is 1. The summed E-state index contributed by atoms with van der Waals surface area (Å²) < 4.78 is 4.69. The average molecular weight is 297 g/mol. The number of ether oxygens (including phenoxy) is 1. The summed E-state index contributed by atoms with van der Waals surface area (Å²) in [5.74, 6) is -0.534. The molecule has 0 saturated carbocycles. The van der Waals surface area contributed by atoms with Crippen molar-refractivity contribution in [2.24, 2.45) is 0 Å². The third-order valence-electron chi connectivity index (χ3n) is 3.34. The number of nitrogens with one attached hydrogen (secondary N) is 2. The second-order valence-corrected chi connectivity index (χ2v) is 5.49. The number of thiophene rings is 1. The lowest BCUT2D eigenvalue weighted by molar-refractivity contribution is -0.118. The van der Waals surface area contributed by atoms with Crippen LogP contribution in [0.25, 0.3) is 0 Å². The van der Waals surface area contributed by atoms with Crippen molar-refractivity contribution in [1.29, 1.82) is 0 Å². The largest absolute Gasteiger partial charge is 0.465 e. The third kappa shape index (κ3) is 3.36.